The average Bonchev–Trinajstić information content (AvgIpc) is 3.35. The van der Waals surface area contributed by atoms with E-state index in [1.54, 1.807) is 0 Å². The molecule has 2 N–H and O–H groups in total. The summed E-state index contributed by atoms with van der Waals surface area (Å²) in [7, 11) is 0. The van der Waals surface area contributed by atoms with Crippen LogP contribution in [0.15, 0.2) is 30.6 Å². The maximum Gasteiger partial charge on any atom is 0.251 e. The van der Waals surface area contributed by atoms with Crippen molar-refractivity contribution in [3.05, 3.63) is 52.2 Å². The van der Waals surface area contributed by atoms with E-state index >= 15 is 0 Å². The number of halogens is 1. The first-order chi connectivity index (χ1) is 14.1. The van der Waals surface area contributed by atoms with E-state index < -0.39 is 0 Å². The summed E-state index contributed by atoms with van der Waals surface area (Å²) in [4.78, 5) is 21.8. The van der Waals surface area contributed by atoms with Crippen molar-refractivity contribution in [3.8, 4) is 6.07 Å². The van der Waals surface area contributed by atoms with Crippen molar-refractivity contribution >= 4 is 35.0 Å². The number of carbonyl (C=O) groups is 1. The zero-order chi connectivity index (χ0) is 20.4. The van der Waals surface area contributed by atoms with Gasteiger partial charge < -0.3 is 19.8 Å². The van der Waals surface area contributed by atoms with E-state index in [-0.39, 0.29) is 11.7 Å². The third-order valence-corrected chi connectivity index (χ3v) is 5.37. The lowest BCUT2D eigenvalue weighted by Crippen LogP contribution is -2.29. The van der Waals surface area contributed by atoms with Crippen molar-refractivity contribution in [2.75, 3.05) is 24.5 Å². The summed E-state index contributed by atoms with van der Waals surface area (Å²) < 4.78 is 15.5. The summed E-state index contributed by atoms with van der Waals surface area (Å²) in [5.74, 6) is 0.128. The first-order valence-electron chi connectivity index (χ1n) is 9.39. The van der Waals surface area contributed by atoms with E-state index in [2.05, 4.69) is 26.3 Å². The number of H-pyrrole nitrogens is 1. The molecule has 29 heavy (non-hydrogen) atoms. The molecule has 9 heteroatoms. The maximum atomic E-state index is 13.1. The number of amides is 1. The molecule has 0 bridgehead atoms. The predicted molar refractivity (Wildman–Crippen MR) is 110 cm³/mol. The molecule has 0 unspecified atom stereocenters. The van der Waals surface area contributed by atoms with Crippen LogP contribution >= 0.6 is 12.2 Å². The van der Waals surface area contributed by atoms with Gasteiger partial charge in [0.25, 0.3) is 5.91 Å². The van der Waals surface area contributed by atoms with Crippen LogP contribution in [-0.4, -0.2) is 40.1 Å². The van der Waals surface area contributed by atoms with Gasteiger partial charge >= 0.3 is 0 Å². The second-order valence-electron chi connectivity index (χ2n) is 6.85. The van der Waals surface area contributed by atoms with E-state index in [9.17, 15) is 14.4 Å². The highest BCUT2D eigenvalue weighted by atomic mass is 32.1. The van der Waals surface area contributed by atoms with Crippen LogP contribution in [-0.2, 0) is 6.54 Å². The van der Waals surface area contributed by atoms with E-state index in [1.165, 1.54) is 30.6 Å². The number of anilines is 1. The Morgan fingerprint density at radius 2 is 2.03 bits per heavy atom. The molecule has 7 nitrogen and oxygen atoms in total. The fourth-order valence-electron chi connectivity index (χ4n) is 3.74. The van der Waals surface area contributed by atoms with Crippen LogP contribution < -0.4 is 10.2 Å². The number of aromatic nitrogens is 3. The van der Waals surface area contributed by atoms with Crippen LogP contribution in [0.2, 0.25) is 0 Å². The maximum absolute atomic E-state index is 13.1. The molecule has 0 aliphatic carbocycles. The average molecular weight is 410 g/mol. The monoisotopic (exact) mass is 410 g/mol. The van der Waals surface area contributed by atoms with Gasteiger partial charge in [-0.2, -0.15) is 5.26 Å². The molecule has 4 rings (SSSR count). The van der Waals surface area contributed by atoms with Gasteiger partial charge in [0, 0.05) is 31.7 Å². The van der Waals surface area contributed by atoms with Crippen molar-refractivity contribution in [2.24, 2.45) is 0 Å². The van der Waals surface area contributed by atoms with E-state index in [1.807, 2.05) is 4.57 Å². The summed E-state index contributed by atoms with van der Waals surface area (Å²) in [6.07, 6.45) is 3.63. The zero-order valence-corrected chi connectivity index (χ0v) is 16.4. The normalized spacial score (nSPS) is 13.6. The van der Waals surface area contributed by atoms with Crippen molar-refractivity contribution in [1.82, 2.24) is 19.9 Å². The molecule has 1 aromatic carbocycles. The molecule has 1 amide bonds. The summed E-state index contributed by atoms with van der Waals surface area (Å²) in [6, 6.07) is 7.68. The van der Waals surface area contributed by atoms with Crippen LogP contribution in [0.4, 0.5) is 10.2 Å². The molecular formula is C20H19FN6OS. The SMILES string of the molecule is N#Cc1c(N2CCCC2)n(CCNC(=O)c2ccc(F)cc2)c2c(=S)[nH]cnc12. The Kier molecular flexibility index (Phi) is 5.27. The largest absolute Gasteiger partial charge is 0.357 e. The van der Waals surface area contributed by atoms with Gasteiger partial charge in [0.1, 0.15) is 38.9 Å². The number of rotatable bonds is 5. The minimum Gasteiger partial charge on any atom is -0.357 e. The van der Waals surface area contributed by atoms with E-state index in [4.69, 9.17) is 12.2 Å². The Morgan fingerprint density at radius 1 is 1.31 bits per heavy atom. The number of nitrogens with one attached hydrogen (secondary N) is 2. The van der Waals surface area contributed by atoms with Gasteiger partial charge in [-0.25, -0.2) is 9.37 Å². The molecule has 1 saturated heterocycles. The molecule has 0 spiro atoms. The molecule has 3 heterocycles. The minimum atomic E-state index is -0.388. The number of benzene rings is 1. The molecule has 1 aliphatic heterocycles. The topological polar surface area (TPSA) is 89.7 Å². The molecule has 0 atom stereocenters. The lowest BCUT2D eigenvalue weighted by molar-refractivity contribution is 0.0952. The van der Waals surface area contributed by atoms with Gasteiger partial charge in [-0.15, -0.1) is 0 Å². The van der Waals surface area contributed by atoms with Gasteiger partial charge in [-0.1, -0.05) is 12.2 Å². The van der Waals surface area contributed by atoms with Crippen LogP contribution in [0.25, 0.3) is 11.0 Å². The molecule has 148 valence electrons. The molecule has 0 saturated carbocycles. The predicted octanol–water partition coefficient (Wildman–Crippen LogP) is 3.13. The molecule has 1 aliphatic rings. The third kappa shape index (κ3) is 3.59. The van der Waals surface area contributed by atoms with Gasteiger partial charge in [0.05, 0.1) is 6.33 Å². The van der Waals surface area contributed by atoms with Crippen LogP contribution in [0, 0.1) is 21.8 Å². The molecular weight excluding hydrogens is 391 g/mol. The Balaban J connectivity index is 1.64. The number of nitrogens with zero attached hydrogens (tertiary/aromatic N) is 4. The second-order valence-corrected chi connectivity index (χ2v) is 7.26. The standard InChI is InChI=1S/C20H19FN6OS/c21-14-5-3-13(4-6-14)18(28)23-7-10-27-17-16(24-12-25-19(17)29)15(11-22)20(27)26-8-1-2-9-26/h3-6,12H,1-2,7-10H2,(H,23,28)(H,24,25,29). The number of aromatic amines is 1. The number of fused-ring (bicyclic) bond motifs is 1. The van der Waals surface area contributed by atoms with Crippen LogP contribution in [0.1, 0.15) is 28.8 Å². The Labute approximate surface area is 171 Å². The van der Waals surface area contributed by atoms with Gasteiger partial charge in [-0.3, -0.25) is 4.79 Å². The molecule has 2 aromatic heterocycles. The molecule has 1 fully saturated rings. The lowest BCUT2D eigenvalue weighted by Gasteiger charge is -2.21. The highest BCUT2D eigenvalue weighted by Gasteiger charge is 2.25. The van der Waals surface area contributed by atoms with Crippen LogP contribution in [0.5, 0.6) is 0 Å². The van der Waals surface area contributed by atoms with Crippen molar-refractivity contribution in [2.45, 2.75) is 19.4 Å². The molecule has 3 aromatic rings. The summed E-state index contributed by atoms with van der Waals surface area (Å²) in [5.41, 5.74) is 2.16. The summed E-state index contributed by atoms with van der Waals surface area (Å²) in [5, 5.41) is 12.6. The van der Waals surface area contributed by atoms with Crippen molar-refractivity contribution in [3.63, 3.8) is 0 Å². The molecule has 0 radical (unpaired) electrons. The quantitative estimate of drug-likeness (QED) is 0.631. The Bertz CT molecular complexity index is 1150. The highest BCUT2D eigenvalue weighted by Crippen LogP contribution is 2.33. The minimum absolute atomic E-state index is 0.284. The summed E-state index contributed by atoms with van der Waals surface area (Å²) in [6.45, 7) is 2.49. The fourth-order valence-corrected chi connectivity index (χ4v) is 4.00. The van der Waals surface area contributed by atoms with Gasteiger partial charge in [0.15, 0.2) is 0 Å². The lowest BCUT2D eigenvalue weighted by atomic mass is 10.2. The van der Waals surface area contributed by atoms with E-state index in [0.717, 1.165) is 31.7 Å². The highest BCUT2D eigenvalue weighted by molar-refractivity contribution is 7.71. The Hall–Kier alpha value is -3.25. The number of hydrogen-bond acceptors (Lipinski definition) is 5. The van der Waals surface area contributed by atoms with E-state index in [0.29, 0.717) is 39.9 Å². The zero-order valence-electron chi connectivity index (χ0n) is 15.6. The van der Waals surface area contributed by atoms with Gasteiger partial charge in [0.2, 0.25) is 0 Å². The fraction of sp³-hybridized carbons (Fsp3) is 0.300. The van der Waals surface area contributed by atoms with Crippen molar-refractivity contribution in [1.29, 1.82) is 5.26 Å². The van der Waals surface area contributed by atoms with Gasteiger partial charge in [-0.05, 0) is 37.1 Å². The first-order valence-corrected chi connectivity index (χ1v) is 9.79. The van der Waals surface area contributed by atoms with Crippen LogP contribution in [0.3, 0.4) is 0 Å². The van der Waals surface area contributed by atoms with Crippen molar-refractivity contribution < 1.29 is 9.18 Å². The third-order valence-electron chi connectivity index (χ3n) is 5.06. The summed E-state index contributed by atoms with van der Waals surface area (Å²) >= 11 is 5.46. The second kappa shape index (κ2) is 8.01. The number of carbonyl (C=O) groups excluding carboxylic acids is 1. The first kappa shape index (κ1) is 19.1. The smallest absolute Gasteiger partial charge is 0.251 e. The Morgan fingerprint density at radius 3 is 2.72 bits per heavy atom. The number of hydrogen-bond donors (Lipinski definition) is 2. The number of nitriles is 1.